The van der Waals surface area contributed by atoms with Crippen LogP contribution in [0.2, 0.25) is 0 Å². The second kappa shape index (κ2) is 7.20. The Morgan fingerprint density at radius 1 is 1.14 bits per heavy atom. The average molecular weight is 222 g/mol. The van der Waals surface area contributed by atoms with Crippen molar-refractivity contribution in [3.8, 4) is 0 Å². The number of rotatable bonds is 8. The van der Waals surface area contributed by atoms with Gasteiger partial charge in [-0.15, -0.1) is 0 Å². The molecule has 3 N–H and O–H groups in total. The minimum absolute atomic E-state index is 0.341. The molecule has 0 unspecified atom stereocenters. The first-order valence-corrected chi connectivity index (χ1v) is 6.74. The summed E-state index contributed by atoms with van der Waals surface area (Å²) >= 11 is 0. The van der Waals surface area contributed by atoms with E-state index in [1.807, 2.05) is 0 Å². The van der Waals surface area contributed by atoms with Gasteiger partial charge in [0.1, 0.15) is 0 Å². The Morgan fingerprint density at radius 2 is 1.71 bits per heavy atom. The van der Waals surface area contributed by atoms with Gasteiger partial charge >= 0.3 is 0 Å². The highest BCUT2D eigenvalue weighted by atomic mass is 32.2. The van der Waals surface area contributed by atoms with Crippen molar-refractivity contribution in [1.29, 1.82) is 0 Å². The van der Waals surface area contributed by atoms with Crippen LogP contribution in [0.15, 0.2) is 0 Å². The maximum absolute atomic E-state index is 11.3. The summed E-state index contributed by atoms with van der Waals surface area (Å²) in [5.41, 5.74) is 5.34. The predicted octanol–water partition coefficient (Wildman–Crippen LogP) is 0.833. The summed E-state index contributed by atoms with van der Waals surface area (Å²) in [6.07, 6.45) is 4.04. The molecule has 0 aliphatic heterocycles. The van der Waals surface area contributed by atoms with Crippen molar-refractivity contribution in [3.05, 3.63) is 0 Å². The van der Waals surface area contributed by atoms with Gasteiger partial charge in [0.15, 0.2) is 0 Å². The zero-order valence-electron chi connectivity index (χ0n) is 9.12. The lowest BCUT2D eigenvalue weighted by Crippen LogP contribution is -2.31. The highest BCUT2D eigenvalue weighted by Gasteiger charge is 2.13. The average Bonchev–Trinajstić information content (AvgIpc) is 2.10. The largest absolute Gasteiger partial charge is 0.330 e. The highest BCUT2D eigenvalue weighted by Crippen LogP contribution is 2.00. The topological polar surface area (TPSA) is 72.2 Å². The van der Waals surface area contributed by atoms with E-state index in [1.165, 1.54) is 0 Å². The highest BCUT2D eigenvalue weighted by molar-refractivity contribution is 7.90. The Bertz CT molecular complexity index is 225. The van der Waals surface area contributed by atoms with Crippen molar-refractivity contribution in [2.45, 2.75) is 44.8 Å². The van der Waals surface area contributed by atoms with Gasteiger partial charge < -0.3 is 5.73 Å². The molecule has 0 aliphatic rings. The van der Waals surface area contributed by atoms with Crippen LogP contribution in [-0.4, -0.2) is 26.8 Å². The van der Waals surface area contributed by atoms with Gasteiger partial charge in [-0.25, -0.2) is 13.1 Å². The normalized spacial score (nSPS) is 12.3. The molecule has 0 bridgehead atoms. The van der Waals surface area contributed by atoms with Gasteiger partial charge in [0.2, 0.25) is 10.0 Å². The lowest BCUT2D eigenvalue weighted by Gasteiger charge is -2.08. The minimum Gasteiger partial charge on any atom is -0.330 e. The number of hydrogen-bond donors (Lipinski definition) is 2. The van der Waals surface area contributed by atoms with Crippen molar-refractivity contribution < 1.29 is 8.42 Å². The molecule has 0 fully saturated rings. The first kappa shape index (κ1) is 13.9. The molecule has 0 spiro atoms. The van der Waals surface area contributed by atoms with E-state index in [-0.39, 0.29) is 5.25 Å². The first-order chi connectivity index (χ1) is 6.50. The lowest BCUT2D eigenvalue weighted by molar-refractivity contribution is 0.564. The SMILES string of the molecule is CC(C)S(=O)(=O)NCCCCCCN. The molecule has 0 aliphatic carbocycles. The smallest absolute Gasteiger partial charge is 0.213 e. The molecule has 0 heterocycles. The molecule has 0 atom stereocenters. The summed E-state index contributed by atoms with van der Waals surface area (Å²) in [4.78, 5) is 0. The predicted molar refractivity (Wildman–Crippen MR) is 59.6 cm³/mol. The van der Waals surface area contributed by atoms with E-state index in [0.717, 1.165) is 32.2 Å². The molecule has 14 heavy (non-hydrogen) atoms. The Kier molecular flexibility index (Phi) is 7.13. The second-order valence-electron chi connectivity index (χ2n) is 3.69. The number of nitrogens with one attached hydrogen (secondary N) is 1. The summed E-state index contributed by atoms with van der Waals surface area (Å²) in [5.74, 6) is 0. The van der Waals surface area contributed by atoms with Gasteiger partial charge in [-0.1, -0.05) is 12.8 Å². The number of sulfonamides is 1. The summed E-state index contributed by atoms with van der Waals surface area (Å²) in [5, 5.41) is -0.341. The van der Waals surface area contributed by atoms with Crippen LogP contribution >= 0.6 is 0 Å². The maximum atomic E-state index is 11.3. The zero-order valence-corrected chi connectivity index (χ0v) is 9.94. The molecule has 0 amide bonds. The van der Waals surface area contributed by atoms with E-state index < -0.39 is 10.0 Å². The van der Waals surface area contributed by atoms with Crippen LogP contribution in [0.3, 0.4) is 0 Å². The Labute approximate surface area is 87.3 Å². The van der Waals surface area contributed by atoms with Crippen molar-refractivity contribution >= 4 is 10.0 Å². The van der Waals surface area contributed by atoms with E-state index in [0.29, 0.717) is 6.54 Å². The van der Waals surface area contributed by atoms with Gasteiger partial charge in [0.05, 0.1) is 5.25 Å². The fourth-order valence-electron chi connectivity index (χ4n) is 1.00. The minimum atomic E-state index is -3.07. The molecular formula is C9H22N2O2S. The van der Waals surface area contributed by atoms with Crippen molar-refractivity contribution in [2.75, 3.05) is 13.1 Å². The van der Waals surface area contributed by atoms with Gasteiger partial charge in [-0.05, 0) is 33.2 Å². The Hall–Kier alpha value is -0.130. The van der Waals surface area contributed by atoms with Crippen molar-refractivity contribution in [3.63, 3.8) is 0 Å². The maximum Gasteiger partial charge on any atom is 0.213 e. The molecular weight excluding hydrogens is 200 g/mol. The lowest BCUT2D eigenvalue weighted by atomic mass is 10.2. The van der Waals surface area contributed by atoms with E-state index in [4.69, 9.17) is 5.73 Å². The van der Waals surface area contributed by atoms with Crippen LogP contribution in [0.5, 0.6) is 0 Å². The third-order valence-corrected chi connectivity index (χ3v) is 3.90. The fraction of sp³-hybridized carbons (Fsp3) is 1.00. The van der Waals surface area contributed by atoms with Crippen LogP contribution in [0.1, 0.15) is 39.5 Å². The quantitative estimate of drug-likeness (QED) is 0.598. The summed E-state index contributed by atoms with van der Waals surface area (Å²) < 4.78 is 25.2. The van der Waals surface area contributed by atoms with Crippen LogP contribution in [-0.2, 0) is 10.0 Å². The zero-order chi connectivity index (χ0) is 11.0. The van der Waals surface area contributed by atoms with E-state index in [9.17, 15) is 8.42 Å². The fourth-order valence-corrected chi connectivity index (χ4v) is 1.77. The Balaban J connectivity index is 3.46. The molecule has 0 aromatic carbocycles. The molecule has 86 valence electrons. The monoisotopic (exact) mass is 222 g/mol. The molecule has 0 saturated heterocycles. The van der Waals surface area contributed by atoms with Gasteiger partial charge in [-0.3, -0.25) is 0 Å². The molecule has 0 radical (unpaired) electrons. The first-order valence-electron chi connectivity index (χ1n) is 5.19. The molecule has 5 heteroatoms. The summed E-state index contributed by atoms with van der Waals surface area (Å²) in [6, 6.07) is 0. The number of hydrogen-bond acceptors (Lipinski definition) is 3. The molecule has 4 nitrogen and oxygen atoms in total. The van der Waals surface area contributed by atoms with E-state index in [1.54, 1.807) is 13.8 Å². The molecule has 0 aromatic rings. The summed E-state index contributed by atoms with van der Waals surface area (Å²) in [6.45, 7) is 4.62. The van der Waals surface area contributed by atoms with Gasteiger partial charge in [-0.2, -0.15) is 0 Å². The van der Waals surface area contributed by atoms with Crippen molar-refractivity contribution in [2.24, 2.45) is 5.73 Å². The standard InChI is InChI=1S/C9H22N2O2S/c1-9(2)14(12,13)11-8-6-4-3-5-7-10/h9,11H,3-8,10H2,1-2H3. The Morgan fingerprint density at radius 3 is 2.21 bits per heavy atom. The number of unbranched alkanes of at least 4 members (excludes halogenated alkanes) is 3. The van der Waals surface area contributed by atoms with Crippen molar-refractivity contribution in [1.82, 2.24) is 4.72 Å². The molecule has 0 saturated carbocycles. The third-order valence-electron chi connectivity index (χ3n) is 2.05. The van der Waals surface area contributed by atoms with Gasteiger partial charge in [0.25, 0.3) is 0 Å². The third kappa shape index (κ3) is 6.34. The van der Waals surface area contributed by atoms with E-state index in [2.05, 4.69) is 4.72 Å². The van der Waals surface area contributed by atoms with Gasteiger partial charge in [0, 0.05) is 6.54 Å². The molecule has 0 rings (SSSR count). The molecule has 0 aromatic heterocycles. The van der Waals surface area contributed by atoms with Crippen LogP contribution in [0.25, 0.3) is 0 Å². The van der Waals surface area contributed by atoms with Crippen LogP contribution < -0.4 is 10.5 Å². The van der Waals surface area contributed by atoms with Crippen LogP contribution in [0.4, 0.5) is 0 Å². The van der Waals surface area contributed by atoms with Crippen LogP contribution in [0, 0.1) is 0 Å². The number of nitrogens with two attached hydrogens (primary N) is 1. The van der Waals surface area contributed by atoms with E-state index >= 15 is 0 Å². The summed E-state index contributed by atoms with van der Waals surface area (Å²) in [7, 11) is -3.07. The second-order valence-corrected chi connectivity index (χ2v) is 6.01.